The van der Waals surface area contributed by atoms with Gasteiger partial charge in [0, 0.05) is 24.7 Å². The first-order valence-corrected chi connectivity index (χ1v) is 7.61. The maximum absolute atomic E-state index is 6.24. The Labute approximate surface area is 120 Å². The van der Waals surface area contributed by atoms with Gasteiger partial charge in [-0.1, -0.05) is 13.8 Å². The van der Waals surface area contributed by atoms with Gasteiger partial charge >= 0.3 is 0 Å². The molecule has 1 aliphatic heterocycles. The number of nitrogens with two attached hydrogens (primary N) is 1. The van der Waals surface area contributed by atoms with E-state index >= 15 is 0 Å². The molecule has 20 heavy (non-hydrogen) atoms. The van der Waals surface area contributed by atoms with Gasteiger partial charge in [0.1, 0.15) is 13.2 Å². The maximum atomic E-state index is 6.24. The summed E-state index contributed by atoms with van der Waals surface area (Å²) in [4.78, 5) is 2.45. The molecule has 110 valence electrons. The van der Waals surface area contributed by atoms with Crippen LogP contribution in [-0.4, -0.2) is 25.8 Å². The average Bonchev–Trinajstić information content (AvgIpc) is 3.23. The Morgan fingerprint density at radius 2 is 1.85 bits per heavy atom. The largest absolute Gasteiger partial charge is 0.486 e. The zero-order chi connectivity index (χ0) is 14.1. The van der Waals surface area contributed by atoms with Crippen LogP contribution in [0, 0.1) is 5.92 Å². The highest BCUT2D eigenvalue weighted by Gasteiger charge is 2.31. The van der Waals surface area contributed by atoms with Crippen LogP contribution in [0.5, 0.6) is 11.5 Å². The normalized spacial score (nSPS) is 17.4. The SMILES string of the molecule is CC(C)CCN(c1cc2c(cc1N)OCCO2)C1CC1. The van der Waals surface area contributed by atoms with Crippen molar-refractivity contribution in [2.45, 2.75) is 39.2 Å². The summed E-state index contributed by atoms with van der Waals surface area (Å²) in [5, 5.41) is 0. The van der Waals surface area contributed by atoms with Crippen molar-refractivity contribution in [1.29, 1.82) is 0 Å². The highest BCUT2D eigenvalue weighted by molar-refractivity contribution is 5.74. The molecular weight excluding hydrogens is 252 g/mol. The van der Waals surface area contributed by atoms with E-state index in [9.17, 15) is 0 Å². The third-order valence-corrected chi connectivity index (χ3v) is 3.94. The van der Waals surface area contributed by atoms with E-state index < -0.39 is 0 Å². The van der Waals surface area contributed by atoms with Gasteiger partial charge in [-0.2, -0.15) is 0 Å². The van der Waals surface area contributed by atoms with E-state index in [4.69, 9.17) is 15.2 Å². The number of ether oxygens (including phenoxy) is 2. The first kappa shape index (κ1) is 13.4. The predicted molar refractivity (Wildman–Crippen MR) is 81.7 cm³/mol. The van der Waals surface area contributed by atoms with Crippen LogP contribution in [-0.2, 0) is 0 Å². The van der Waals surface area contributed by atoms with Gasteiger partial charge in [0.25, 0.3) is 0 Å². The number of anilines is 2. The zero-order valence-electron chi connectivity index (χ0n) is 12.4. The monoisotopic (exact) mass is 276 g/mol. The molecule has 2 N–H and O–H groups in total. The van der Waals surface area contributed by atoms with Gasteiger partial charge < -0.3 is 20.1 Å². The average molecular weight is 276 g/mol. The number of hydrogen-bond acceptors (Lipinski definition) is 4. The summed E-state index contributed by atoms with van der Waals surface area (Å²) in [6.07, 6.45) is 3.72. The van der Waals surface area contributed by atoms with E-state index in [1.54, 1.807) is 0 Å². The minimum absolute atomic E-state index is 0.603. The lowest BCUT2D eigenvalue weighted by Crippen LogP contribution is -2.29. The number of nitrogen functional groups attached to an aromatic ring is 1. The van der Waals surface area contributed by atoms with Crippen molar-refractivity contribution in [2.24, 2.45) is 5.92 Å². The van der Waals surface area contributed by atoms with Crippen LogP contribution in [0.15, 0.2) is 12.1 Å². The lowest BCUT2D eigenvalue weighted by Gasteiger charge is -2.29. The third kappa shape index (κ3) is 2.79. The van der Waals surface area contributed by atoms with Crippen LogP contribution in [0.1, 0.15) is 33.1 Å². The van der Waals surface area contributed by atoms with Gasteiger partial charge in [-0.3, -0.25) is 0 Å². The molecule has 3 rings (SSSR count). The Kier molecular flexibility index (Phi) is 3.64. The Hall–Kier alpha value is -1.58. The summed E-state index contributed by atoms with van der Waals surface area (Å²) in [6, 6.07) is 4.62. The van der Waals surface area contributed by atoms with Crippen molar-refractivity contribution in [3.05, 3.63) is 12.1 Å². The lowest BCUT2D eigenvalue weighted by atomic mass is 10.1. The third-order valence-electron chi connectivity index (χ3n) is 3.94. The van der Waals surface area contributed by atoms with Crippen LogP contribution in [0.3, 0.4) is 0 Å². The predicted octanol–water partition coefficient (Wildman–Crippen LogP) is 3.05. The van der Waals surface area contributed by atoms with E-state index in [1.807, 2.05) is 6.07 Å². The van der Waals surface area contributed by atoms with Gasteiger partial charge in [0.2, 0.25) is 0 Å². The highest BCUT2D eigenvalue weighted by Crippen LogP contribution is 2.42. The molecule has 1 fully saturated rings. The maximum Gasteiger partial charge on any atom is 0.163 e. The van der Waals surface area contributed by atoms with E-state index in [1.165, 1.54) is 19.3 Å². The topological polar surface area (TPSA) is 47.7 Å². The molecule has 4 nitrogen and oxygen atoms in total. The second kappa shape index (κ2) is 5.43. The van der Waals surface area contributed by atoms with E-state index in [0.29, 0.717) is 25.2 Å². The molecule has 4 heteroatoms. The van der Waals surface area contributed by atoms with Crippen LogP contribution >= 0.6 is 0 Å². The summed E-state index contributed by atoms with van der Waals surface area (Å²) >= 11 is 0. The smallest absolute Gasteiger partial charge is 0.163 e. The van der Waals surface area contributed by atoms with Crippen LogP contribution in [0.4, 0.5) is 11.4 Å². The van der Waals surface area contributed by atoms with Crippen molar-refractivity contribution in [2.75, 3.05) is 30.4 Å². The summed E-state index contributed by atoms with van der Waals surface area (Å²) in [5.41, 5.74) is 8.15. The molecule has 0 aromatic heterocycles. The summed E-state index contributed by atoms with van der Waals surface area (Å²) in [7, 11) is 0. The minimum Gasteiger partial charge on any atom is -0.486 e. The number of fused-ring (bicyclic) bond motifs is 1. The molecule has 1 saturated carbocycles. The first-order chi connectivity index (χ1) is 9.65. The fourth-order valence-electron chi connectivity index (χ4n) is 2.63. The molecule has 0 amide bonds. The Bertz CT molecular complexity index is 484. The molecule has 1 aromatic rings. The number of benzene rings is 1. The van der Waals surface area contributed by atoms with E-state index in [0.717, 1.165) is 29.4 Å². The molecule has 0 saturated heterocycles. The molecule has 0 radical (unpaired) electrons. The Morgan fingerprint density at radius 1 is 1.20 bits per heavy atom. The molecule has 1 aromatic carbocycles. The zero-order valence-corrected chi connectivity index (χ0v) is 12.4. The molecule has 0 bridgehead atoms. The van der Waals surface area contributed by atoms with Crippen molar-refractivity contribution >= 4 is 11.4 Å². The van der Waals surface area contributed by atoms with Crippen LogP contribution < -0.4 is 20.1 Å². The summed E-state index contributed by atoms with van der Waals surface area (Å²) in [6.45, 7) is 6.81. The molecule has 0 atom stereocenters. The fourth-order valence-corrected chi connectivity index (χ4v) is 2.63. The molecule has 0 spiro atoms. The van der Waals surface area contributed by atoms with Crippen molar-refractivity contribution in [3.8, 4) is 11.5 Å². The fraction of sp³-hybridized carbons (Fsp3) is 0.625. The number of hydrogen-bond donors (Lipinski definition) is 1. The minimum atomic E-state index is 0.603. The van der Waals surface area contributed by atoms with Crippen LogP contribution in [0.2, 0.25) is 0 Å². The molecule has 1 heterocycles. The molecule has 0 unspecified atom stereocenters. The van der Waals surface area contributed by atoms with Gasteiger partial charge in [-0.25, -0.2) is 0 Å². The molecule has 2 aliphatic rings. The van der Waals surface area contributed by atoms with Crippen LogP contribution in [0.25, 0.3) is 0 Å². The highest BCUT2D eigenvalue weighted by atomic mass is 16.6. The molecular formula is C16H24N2O2. The summed E-state index contributed by atoms with van der Waals surface area (Å²) < 4.78 is 11.3. The second-order valence-electron chi connectivity index (χ2n) is 6.16. The first-order valence-electron chi connectivity index (χ1n) is 7.61. The van der Waals surface area contributed by atoms with E-state index in [-0.39, 0.29) is 0 Å². The lowest BCUT2D eigenvalue weighted by molar-refractivity contribution is 0.172. The van der Waals surface area contributed by atoms with Crippen molar-refractivity contribution in [1.82, 2.24) is 0 Å². The standard InChI is InChI=1S/C16H24N2O2/c1-11(2)5-6-18(12-3-4-12)14-10-16-15(9-13(14)17)19-7-8-20-16/h9-12H,3-8,17H2,1-2H3. The quantitative estimate of drug-likeness (QED) is 0.840. The van der Waals surface area contributed by atoms with Crippen molar-refractivity contribution < 1.29 is 9.47 Å². The van der Waals surface area contributed by atoms with Gasteiger partial charge in [0.05, 0.1) is 11.4 Å². The van der Waals surface area contributed by atoms with Gasteiger partial charge in [-0.05, 0) is 25.2 Å². The second-order valence-corrected chi connectivity index (χ2v) is 6.16. The van der Waals surface area contributed by atoms with E-state index in [2.05, 4.69) is 24.8 Å². The Balaban J connectivity index is 1.86. The Morgan fingerprint density at radius 3 is 2.45 bits per heavy atom. The van der Waals surface area contributed by atoms with Gasteiger partial charge in [-0.15, -0.1) is 0 Å². The van der Waals surface area contributed by atoms with Crippen molar-refractivity contribution in [3.63, 3.8) is 0 Å². The number of rotatable bonds is 5. The summed E-state index contributed by atoms with van der Waals surface area (Å²) in [5.74, 6) is 2.31. The molecule has 1 aliphatic carbocycles. The van der Waals surface area contributed by atoms with Gasteiger partial charge in [0.15, 0.2) is 11.5 Å². The number of nitrogens with zero attached hydrogens (tertiary/aromatic N) is 1.